The number of carbonyl (C=O) groups excluding carboxylic acids is 4. The van der Waals surface area contributed by atoms with Crippen LogP contribution in [0.5, 0.6) is 0 Å². The van der Waals surface area contributed by atoms with E-state index in [-0.39, 0.29) is 89.1 Å². The fourth-order valence-corrected chi connectivity index (χ4v) is 8.25. The minimum absolute atomic E-state index is 0.0730. The monoisotopic (exact) mass is 854 g/mol. The summed E-state index contributed by atoms with van der Waals surface area (Å²) in [5.74, 6) is -0.695. The lowest BCUT2D eigenvalue weighted by Crippen LogP contribution is -2.50. The topological polar surface area (TPSA) is 114 Å². The standard InChI is InChI=1S/C52H54N8O4/c61-49-37-55-35-45-23-13-25-47(53-45)48-26-14-24-46(54-48)36-56(39-50(62)58(32-42-17-7-2-8-18-42)28-27-57(49)31-41-15-5-1-6-16-41)40-52(64)60(34-44-21-11-4-12-22-44)30-29-59(51(63)38-55)33-43-19-9-3-10-20-43/h1-26H,27-40H2. The molecular formula is C52H54N8O4. The van der Waals surface area contributed by atoms with Gasteiger partial charge in [-0.2, -0.15) is 0 Å². The summed E-state index contributed by atoms with van der Waals surface area (Å²) in [6.45, 7) is 2.40. The minimum Gasteiger partial charge on any atom is -0.335 e. The number of hydrogen-bond acceptors (Lipinski definition) is 8. The van der Waals surface area contributed by atoms with Crippen molar-refractivity contribution < 1.29 is 19.2 Å². The second kappa shape index (κ2) is 21.4. The molecule has 326 valence electrons. The first-order valence-electron chi connectivity index (χ1n) is 21.9. The Morgan fingerprint density at radius 1 is 0.312 bits per heavy atom. The van der Waals surface area contributed by atoms with Gasteiger partial charge in [-0.25, -0.2) is 9.97 Å². The fourth-order valence-electron chi connectivity index (χ4n) is 8.25. The van der Waals surface area contributed by atoms with E-state index in [1.165, 1.54) is 0 Å². The molecule has 12 heteroatoms. The normalized spacial score (nSPS) is 18.2. The van der Waals surface area contributed by atoms with E-state index in [0.717, 1.165) is 22.3 Å². The van der Waals surface area contributed by atoms with E-state index in [1.807, 2.05) is 168 Å². The summed E-state index contributed by atoms with van der Waals surface area (Å²) in [6, 6.07) is 50.7. The smallest absolute Gasteiger partial charge is 0.237 e. The van der Waals surface area contributed by atoms with Gasteiger partial charge in [-0.3, -0.25) is 29.0 Å². The van der Waals surface area contributed by atoms with Crippen LogP contribution in [0.1, 0.15) is 33.6 Å². The summed E-state index contributed by atoms with van der Waals surface area (Å²) in [7, 11) is 0. The van der Waals surface area contributed by atoms with Gasteiger partial charge >= 0.3 is 0 Å². The second-order valence-corrected chi connectivity index (χ2v) is 16.5. The van der Waals surface area contributed by atoms with Crippen molar-refractivity contribution in [1.82, 2.24) is 39.4 Å². The SMILES string of the molecule is O=C1CN2CC(=O)N(Cc3ccccc3)CCN(Cc3ccccc3)C(=O)CN(CC(=O)N(Cc3ccccc3)CCN1Cc1ccccc1)Cc1cccc(n1)-c1cccc(n1)C2. The van der Waals surface area contributed by atoms with Crippen molar-refractivity contribution in [2.75, 3.05) is 52.4 Å². The molecule has 0 radical (unpaired) electrons. The summed E-state index contributed by atoms with van der Waals surface area (Å²) < 4.78 is 0. The Kier molecular flexibility index (Phi) is 14.6. The van der Waals surface area contributed by atoms with Crippen LogP contribution < -0.4 is 0 Å². The highest BCUT2D eigenvalue weighted by Crippen LogP contribution is 2.20. The molecular weight excluding hydrogens is 801 g/mol. The molecule has 64 heavy (non-hydrogen) atoms. The van der Waals surface area contributed by atoms with Gasteiger partial charge in [0.1, 0.15) is 0 Å². The third-order valence-electron chi connectivity index (χ3n) is 11.6. The average molecular weight is 855 g/mol. The van der Waals surface area contributed by atoms with Crippen molar-refractivity contribution >= 4 is 23.6 Å². The predicted octanol–water partition coefficient (Wildman–Crippen LogP) is 5.89. The van der Waals surface area contributed by atoms with Crippen molar-refractivity contribution in [2.24, 2.45) is 0 Å². The first kappa shape index (κ1) is 43.6. The van der Waals surface area contributed by atoms with E-state index in [1.54, 1.807) is 19.6 Å². The van der Waals surface area contributed by atoms with Crippen LogP contribution in [0, 0.1) is 0 Å². The first-order valence-corrected chi connectivity index (χ1v) is 21.9. The molecule has 0 spiro atoms. The van der Waals surface area contributed by atoms with Crippen molar-refractivity contribution in [3.8, 4) is 11.4 Å². The van der Waals surface area contributed by atoms with Gasteiger partial charge in [0.25, 0.3) is 0 Å². The van der Waals surface area contributed by atoms with Crippen LogP contribution in [-0.4, -0.2) is 115 Å². The number of nitrogens with zero attached hydrogens (tertiary/aromatic N) is 8. The Balaban J connectivity index is 1.24. The average Bonchev–Trinajstić information content (AvgIpc) is 3.31. The Hall–Kier alpha value is -7.02. The number of benzene rings is 4. The van der Waals surface area contributed by atoms with Gasteiger partial charge in [0.05, 0.1) is 49.0 Å². The number of aromatic nitrogens is 2. The molecule has 1 saturated heterocycles. The van der Waals surface area contributed by atoms with E-state index in [2.05, 4.69) is 0 Å². The van der Waals surface area contributed by atoms with Gasteiger partial charge in [-0.1, -0.05) is 133 Å². The van der Waals surface area contributed by atoms with E-state index in [9.17, 15) is 19.2 Å². The highest BCUT2D eigenvalue weighted by Gasteiger charge is 2.28. The zero-order valence-corrected chi connectivity index (χ0v) is 36.1. The maximum Gasteiger partial charge on any atom is 0.237 e. The number of amides is 4. The van der Waals surface area contributed by atoms with E-state index in [4.69, 9.17) is 9.97 Å². The third-order valence-corrected chi connectivity index (χ3v) is 11.6. The van der Waals surface area contributed by atoms with E-state index in [0.29, 0.717) is 49.0 Å². The highest BCUT2D eigenvalue weighted by atomic mass is 16.2. The quantitative estimate of drug-likeness (QED) is 0.187. The molecule has 3 aliphatic heterocycles. The molecule has 5 heterocycles. The van der Waals surface area contributed by atoms with Gasteiger partial charge in [-0.15, -0.1) is 0 Å². The molecule has 9 rings (SSSR count). The summed E-state index contributed by atoms with van der Waals surface area (Å²) >= 11 is 0. The lowest BCUT2D eigenvalue weighted by Gasteiger charge is -2.34. The maximum absolute atomic E-state index is 14.8. The zero-order valence-electron chi connectivity index (χ0n) is 36.1. The molecule has 6 bridgehead atoms. The Labute approximate surface area is 375 Å². The van der Waals surface area contributed by atoms with Crippen LogP contribution in [0.3, 0.4) is 0 Å². The molecule has 6 aromatic rings. The Morgan fingerprint density at radius 3 is 0.844 bits per heavy atom. The van der Waals surface area contributed by atoms with Crippen molar-refractivity contribution in [2.45, 2.75) is 39.3 Å². The van der Waals surface area contributed by atoms with Gasteiger partial charge in [0.2, 0.25) is 23.6 Å². The fraction of sp³-hybridized carbons (Fsp3) is 0.269. The molecule has 3 aliphatic rings. The van der Waals surface area contributed by atoms with Gasteiger partial charge in [0.15, 0.2) is 0 Å². The molecule has 0 atom stereocenters. The van der Waals surface area contributed by atoms with Crippen LogP contribution in [0.2, 0.25) is 0 Å². The molecule has 0 aliphatic carbocycles. The Bertz CT molecular complexity index is 2190. The largest absolute Gasteiger partial charge is 0.335 e. The molecule has 4 amide bonds. The van der Waals surface area contributed by atoms with E-state index >= 15 is 0 Å². The number of hydrogen-bond donors (Lipinski definition) is 0. The van der Waals surface area contributed by atoms with Crippen LogP contribution >= 0.6 is 0 Å². The summed E-state index contributed by atoms with van der Waals surface area (Å²) in [5, 5.41) is 0. The molecule has 4 aromatic carbocycles. The first-order chi connectivity index (χ1) is 31.3. The van der Waals surface area contributed by atoms with Crippen molar-refractivity contribution in [3.63, 3.8) is 0 Å². The molecule has 0 unspecified atom stereocenters. The zero-order chi connectivity index (χ0) is 44.1. The Morgan fingerprint density at radius 2 is 0.578 bits per heavy atom. The molecule has 0 N–H and O–H groups in total. The van der Waals surface area contributed by atoms with Gasteiger partial charge in [-0.05, 0) is 46.5 Å². The summed E-state index contributed by atoms with van der Waals surface area (Å²) in [6.07, 6.45) is 0. The van der Waals surface area contributed by atoms with Crippen LogP contribution in [0.25, 0.3) is 11.4 Å². The number of carbonyl (C=O) groups is 4. The predicted molar refractivity (Wildman–Crippen MR) is 245 cm³/mol. The molecule has 12 nitrogen and oxygen atoms in total. The highest BCUT2D eigenvalue weighted by molar-refractivity contribution is 5.83. The van der Waals surface area contributed by atoms with Gasteiger partial charge < -0.3 is 19.6 Å². The lowest BCUT2D eigenvalue weighted by molar-refractivity contribution is -0.141. The number of fused-ring (bicyclic) bond motifs is 14. The molecule has 0 saturated carbocycles. The minimum atomic E-state index is -0.174. The third kappa shape index (κ3) is 12.1. The van der Waals surface area contributed by atoms with E-state index < -0.39 is 0 Å². The molecule has 1 fully saturated rings. The molecule has 2 aromatic heterocycles. The van der Waals surface area contributed by atoms with Crippen molar-refractivity contribution in [1.29, 1.82) is 0 Å². The van der Waals surface area contributed by atoms with Crippen molar-refractivity contribution in [3.05, 3.63) is 191 Å². The maximum atomic E-state index is 14.8. The summed E-state index contributed by atoms with van der Waals surface area (Å²) in [4.78, 5) is 80.1. The second-order valence-electron chi connectivity index (χ2n) is 16.5. The van der Waals surface area contributed by atoms with Crippen LogP contribution in [-0.2, 0) is 58.4 Å². The summed E-state index contributed by atoms with van der Waals surface area (Å²) in [5.41, 5.74) is 6.46. The van der Waals surface area contributed by atoms with Crippen LogP contribution in [0.4, 0.5) is 0 Å². The number of rotatable bonds is 8. The van der Waals surface area contributed by atoms with Gasteiger partial charge in [0, 0.05) is 65.4 Å². The number of pyridine rings is 2. The van der Waals surface area contributed by atoms with Crippen LogP contribution in [0.15, 0.2) is 158 Å². The lowest BCUT2D eigenvalue weighted by atomic mass is 10.1.